The fourth-order valence-corrected chi connectivity index (χ4v) is 3.64. The summed E-state index contributed by atoms with van der Waals surface area (Å²) >= 11 is 0. The number of nitrogens with zero attached hydrogens (tertiary/aromatic N) is 3. The van der Waals surface area contributed by atoms with E-state index >= 15 is 0 Å². The lowest BCUT2D eigenvalue weighted by molar-refractivity contribution is 0.627. The second-order valence-electron chi connectivity index (χ2n) is 7.18. The average molecular weight is 399 g/mol. The molecule has 0 aliphatic heterocycles. The van der Waals surface area contributed by atoms with E-state index in [1.165, 1.54) is 16.7 Å². The van der Waals surface area contributed by atoms with Gasteiger partial charge in [-0.25, -0.2) is 9.37 Å². The maximum absolute atomic E-state index is 13.1. The molecule has 148 valence electrons. The first-order valence-corrected chi connectivity index (χ1v) is 9.52. The zero-order valence-corrected chi connectivity index (χ0v) is 16.2. The molecular formula is C23H18FN5O. The average Bonchev–Trinajstić information content (AvgIpc) is 3.24. The third-order valence-electron chi connectivity index (χ3n) is 5.17. The summed E-state index contributed by atoms with van der Waals surface area (Å²) in [6.07, 6.45) is 4.00. The number of nitrogens with one attached hydrogen (secondary N) is 2. The third-order valence-corrected chi connectivity index (χ3v) is 5.17. The summed E-state index contributed by atoms with van der Waals surface area (Å²) in [4.78, 5) is 25.0. The van der Waals surface area contributed by atoms with E-state index in [0.29, 0.717) is 23.6 Å². The van der Waals surface area contributed by atoms with Gasteiger partial charge in [-0.3, -0.25) is 9.36 Å². The Morgan fingerprint density at radius 2 is 1.97 bits per heavy atom. The highest BCUT2D eigenvalue weighted by Crippen LogP contribution is 2.25. The highest BCUT2D eigenvalue weighted by molar-refractivity contribution is 5.93. The van der Waals surface area contributed by atoms with Gasteiger partial charge >= 0.3 is 0 Å². The molecule has 0 saturated carbocycles. The van der Waals surface area contributed by atoms with Gasteiger partial charge in [-0.2, -0.15) is 4.98 Å². The molecule has 0 aliphatic rings. The summed E-state index contributed by atoms with van der Waals surface area (Å²) < 4.78 is 14.7. The molecule has 0 unspecified atom stereocenters. The lowest BCUT2D eigenvalue weighted by atomic mass is 10.1. The summed E-state index contributed by atoms with van der Waals surface area (Å²) in [5.74, 6) is 0.117. The predicted octanol–water partition coefficient (Wildman–Crippen LogP) is 4.28. The summed E-state index contributed by atoms with van der Waals surface area (Å²) in [6.45, 7) is 0. The van der Waals surface area contributed by atoms with Gasteiger partial charge in [0.05, 0.1) is 5.69 Å². The van der Waals surface area contributed by atoms with Gasteiger partial charge in [-0.05, 0) is 42.0 Å². The van der Waals surface area contributed by atoms with Crippen molar-refractivity contribution in [2.24, 2.45) is 7.05 Å². The predicted molar refractivity (Wildman–Crippen MR) is 116 cm³/mol. The van der Waals surface area contributed by atoms with Crippen LogP contribution < -0.4 is 10.9 Å². The van der Waals surface area contributed by atoms with Crippen molar-refractivity contribution in [3.63, 3.8) is 0 Å². The van der Waals surface area contributed by atoms with Crippen LogP contribution in [0.3, 0.4) is 0 Å². The van der Waals surface area contributed by atoms with Crippen LogP contribution in [0.5, 0.6) is 0 Å². The van der Waals surface area contributed by atoms with E-state index in [1.54, 1.807) is 31.4 Å². The van der Waals surface area contributed by atoms with E-state index in [9.17, 15) is 9.18 Å². The second kappa shape index (κ2) is 7.11. The number of anilines is 2. The number of halogens is 1. The lowest BCUT2D eigenvalue weighted by Crippen LogP contribution is -2.22. The highest BCUT2D eigenvalue weighted by Gasteiger charge is 2.11. The van der Waals surface area contributed by atoms with Crippen LogP contribution in [0.2, 0.25) is 0 Å². The number of rotatable bonds is 4. The number of benzene rings is 2. The number of hydrogen-bond donors (Lipinski definition) is 2. The van der Waals surface area contributed by atoms with Crippen molar-refractivity contribution < 1.29 is 4.39 Å². The van der Waals surface area contributed by atoms with E-state index in [0.717, 1.165) is 27.5 Å². The van der Waals surface area contributed by atoms with Crippen LogP contribution in [0.1, 0.15) is 11.1 Å². The lowest BCUT2D eigenvalue weighted by Gasteiger charge is -2.11. The van der Waals surface area contributed by atoms with E-state index < -0.39 is 0 Å². The molecule has 0 bridgehead atoms. The first-order chi connectivity index (χ1) is 14.6. The molecule has 0 amide bonds. The molecule has 0 radical (unpaired) electrons. The van der Waals surface area contributed by atoms with E-state index in [-0.39, 0.29) is 11.4 Å². The molecule has 3 aromatic heterocycles. The summed E-state index contributed by atoms with van der Waals surface area (Å²) in [5, 5.41) is 5.03. The van der Waals surface area contributed by atoms with Crippen LogP contribution in [-0.2, 0) is 13.5 Å². The minimum Gasteiger partial charge on any atom is -0.361 e. The maximum Gasteiger partial charge on any atom is 0.255 e. The van der Waals surface area contributed by atoms with Crippen LogP contribution in [0, 0.1) is 5.82 Å². The SMILES string of the molecule is Cn1c(=O)c(Cc2ccc(F)cc2)cc2cnc(Nc3cccc4[nH]ccc34)nc21. The largest absolute Gasteiger partial charge is 0.361 e. The summed E-state index contributed by atoms with van der Waals surface area (Å²) in [6, 6.07) is 15.8. The molecular weight excluding hydrogens is 381 g/mol. The Bertz CT molecular complexity index is 1440. The molecule has 7 heteroatoms. The van der Waals surface area contributed by atoms with Crippen LogP contribution in [-0.4, -0.2) is 19.5 Å². The molecule has 30 heavy (non-hydrogen) atoms. The van der Waals surface area contributed by atoms with Crippen molar-refractivity contribution in [3.05, 3.63) is 94.3 Å². The van der Waals surface area contributed by atoms with Crippen molar-refractivity contribution in [1.82, 2.24) is 19.5 Å². The number of fused-ring (bicyclic) bond motifs is 2. The van der Waals surface area contributed by atoms with E-state index in [4.69, 9.17) is 0 Å². The topological polar surface area (TPSA) is 75.6 Å². The molecule has 0 fully saturated rings. The Hall–Kier alpha value is -4.00. The zero-order valence-electron chi connectivity index (χ0n) is 16.2. The molecule has 5 aromatic rings. The van der Waals surface area contributed by atoms with Crippen molar-refractivity contribution >= 4 is 33.6 Å². The molecule has 2 N–H and O–H groups in total. The van der Waals surface area contributed by atoms with Gasteiger partial charge in [0.25, 0.3) is 5.56 Å². The minimum absolute atomic E-state index is 0.135. The maximum atomic E-state index is 13.1. The second-order valence-corrected chi connectivity index (χ2v) is 7.18. The van der Waals surface area contributed by atoms with Crippen molar-refractivity contribution in [3.8, 4) is 0 Å². The highest BCUT2D eigenvalue weighted by atomic mass is 19.1. The van der Waals surface area contributed by atoms with Gasteiger partial charge in [0.1, 0.15) is 11.5 Å². The Balaban J connectivity index is 1.52. The molecule has 2 aromatic carbocycles. The molecule has 0 spiro atoms. The monoisotopic (exact) mass is 399 g/mol. The van der Waals surface area contributed by atoms with E-state index in [1.807, 2.05) is 30.5 Å². The minimum atomic E-state index is -0.297. The van der Waals surface area contributed by atoms with Gasteiger partial charge in [0.2, 0.25) is 5.95 Å². The van der Waals surface area contributed by atoms with Gasteiger partial charge < -0.3 is 10.3 Å². The molecule has 0 aliphatic carbocycles. The first kappa shape index (κ1) is 18.1. The molecule has 3 heterocycles. The number of H-pyrrole nitrogens is 1. The standard InChI is InChI=1S/C23H18FN5O/c1-29-21-16(12-15(22(29)30)11-14-5-7-17(24)8-6-14)13-26-23(28-21)27-20-4-2-3-19-18(20)9-10-25-19/h2-10,12-13,25H,11H2,1H3,(H,26,27,28). The van der Waals surface area contributed by atoms with Crippen LogP contribution in [0.15, 0.2) is 71.8 Å². The van der Waals surface area contributed by atoms with Crippen LogP contribution >= 0.6 is 0 Å². The number of aromatic amines is 1. The Morgan fingerprint density at radius 1 is 1.13 bits per heavy atom. The van der Waals surface area contributed by atoms with Crippen molar-refractivity contribution in [1.29, 1.82) is 0 Å². The molecule has 6 nitrogen and oxygen atoms in total. The van der Waals surface area contributed by atoms with Crippen molar-refractivity contribution in [2.75, 3.05) is 5.32 Å². The summed E-state index contributed by atoms with van der Waals surface area (Å²) in [7, 11) is 1.70. The fraction of sp³-hybridized carbons (Fsp3) is 0.0870. The molecule has 0 saturated heterocycles. The van der Waals surface area contributed by atoms with Gasteiger partial charge in [0.15, 0.2) is 0 Å². The Morgan fingerprint density at radius 3 is 2.80 bits per heavy atom. The fourth-order valence-electron chi connectivity index (χ4n) is 3.64. The van der Waals surface area contributed by atoms with Gasteiger partial charge in [0, 0.05) is 47.7 Å². The van der Waals surface area contributed by atoms with Crippen LogP contribution in [0.25, 0.3) is 21.9 Å². The number of hydrogen-bond acceptors (Lipinski definition) is 4. The zero-order chi connectivity index (χ0) is 20.7. The smallest absolute Gasteiger partial charge is 0.255 e. The number of pyridine rings is 1. The number of aromatic nitrogens is 4. The molecule has 5 rings (SSSR count). The Labute approximate surface area is 171 Å². The molecule has 0 atom stereocenters. The summed E-state index contributed by atoms with van der Waals surface area (Å²) in [5.41, 5.74) is 3.78. The third kappa shape index (κ3) is 3.20. The van der Waals surface area contributed by atoms with Crippen molar-refractivity contribution in [2.45, 2.75) is 6.42 Å². The van der Waals surface area contributed by atoms with Crippen LogP contribution in [0.4, 0.5) is 16.0 Å². The Kier molecular flexibility index (Phi) is 4.28. The normalized spacial score (nSPS) is 11.3. The quantitative estimate of drug-likeness (QED) is 0.473. The van der Waals surface area contributed by atoms with Gasteiger partial charge in [-0.1, -0.05) is 18.2 Å². The van der Waals surface area contributed by atoms with Gasteiger partial charge in [-0.15, -0.1) is 0 Å². The first-order valence-electron chi connectivity index (χ1n) is 9.52. The van der Waals surface area contributed by atoms with E-state index in [2.05, 4.69) is 20.3 Å². The number of aryl methyl sites for hydroxylation is 1.